The average molecular weight is 443 g/mol. The Hall–Kier alpha value is -3.01. The molecule has 0 radical (unpaired) electrons. The minimum absolute atomic E-state index is 0.165. The van der Waals surface area contributed by atoms with E-state index in [4.69, 9.17) is 11.6 Å². The molecular weight excluding hydrogens is 425 g/mol. The van der Waals surface area contributed by atoms with Gasteiger partial charge in [-0.25, -0.2) is 14.2 Å². The van der Waals surface area contributed by atoms with E-state index >= 15 is 0 Å². The summed E-state index contributed by atoms with van der Waals surface area (Å²) in [5.74, 6) is -1.31. The van der Waals surface area contributed by atoms with Gasteiger partial charge in [-0.15, -0.1) is 0 Å². The monoisotopic (exact) mass is 442 g/mol. The van der Waals surface area contributed by atoms with Crippen LogP contribution in [0.4, 0.5) is 18.0 Å². The summed E-state index contributed by atoms with van der Waals surface area (Å²) in [6, 6.07) is 5.72. The Morgan fingerprint density at radius 3 is 2.83 bits per heavy atom. The van der Waals surface area contributed by atoms with Crippen molar-refractivity contribution in [3.05, 3.63) is 58.5 Å². The molecule has 2 aromatic rings. The summed E-state index contributed by atoms with van der Waals surface area (Å²) >= 11 is 5.88. The number of amides is 3. The first kappa shape index (κ1) is 21.7. The number of benzene rings is 1. The highest BCUT2D eigenvalue weighted by Gasteiger charge is 2.31. The molecule has 2 heterocycles. The molecule has 11 heteroatoms. The van der Waals surface area contributed by atoms with Gasteiger partial charge in [-0.1, -0.05) is 23.7 Å². The van der Waals surface area contributed by atoms with Crippen LogP contribution >= 0.6 is 11.6 Å². The van der Waals surface area contributed by atoms with Crippen molar-refractivity contribution in [1.82, 2.24) is 20.5 Å². The molecule has 3 rings (SSSR count). The molecule has 1 aromatic carbocycles. The molecule has 7 nitrogen and oxygen atoms in total. The molecule has 1 aromatic heterocycles. The Bertz CT molecular complexity index is 947. The molecule has 0 spiro atoms. The third-order valence-corrected chi connectivity index (χ3v) is 4.84. The Labute approximate surface area is 175 Å². The van der Waals surface area contributed by atoms with Gasteiger partial charge in [-0.2, -0.15) is 8.78 Å². The number of piperazine rings is 1. The van der Waals surface area contributed by atoms with Gasteiger partial charge < -0.3 is 20.3 Å². The van der Waals surface area contributed by atoms with Crippen LogP contribution in [0.1, 0.15) is 24.2 Å². The van der Waals surface area contributed by atoms with Gasteiger partial charge in [0, 0.05) is 19.2 Å². The Kier molecular flexibility index (Phi) is 6.66. The van der Waals surface area contributed by atoms with Gasteiger partial charge >= 0.3 is 12.6 Å². The molecule has 1 fully saturated rings. The molecule has 1 aliphatic heterocycles. The van der Waals surface area contributed by atoms with E-state index in [9.17, 15) is 22.8 Å². The van der Waals surface area contributed by atoms with Crippen LogP contribution in [0.5, 0.6) is 5.88 Å². The number of urea groups is 1. The molecular formula is C19H18ClF3N4O3. The molecule has 0 saturated carbocycles. The maximum atomic E-state index is 13.6. The summed E-state index contributed by atoms with van der Waals surface area (Å²) in [5, 5.41) is 5.19. The van der Waals surface area contributed by atoms with Gasteiger partial charge in [-0.3, -0.25) is 4.79 Å². The van der Waals surface area contributed by atoms with E-state index in [-0.39, 0.29) is 29.0 Å². The normalized spacial score (nSPS) is 17.5. The van der Waals surface area contributed by atoms with Gasteiger partial charge in [0.1, 0.15) is 11.9 Å². The number of alkyl halides is 2. The lowest BCUT2D eigenvalue weighted by atomic mass is 10.0. The number of aromatic nitrogens is 1. The zero-order valence-electron chi connectivity index (χ0n) is 15.7. The average Bonchev–Trinajstić information content (AvgIpc) is 2.70. The Morgan fingerprint density at radius 1 is 1.37 bits per heavy atom. The van der Waals surface area contributed by atoms with Crippen molar-refractivity contribution in [2.24, 2.45) is 0 Å². The minimum Gasteiger partial charge on any atom is -0.417 e. The van der Waals surface area contributed by atoms with Gasteiger partial charge in [0.2, 0.25) is 11.8 Å². The first-order valence-electron chi connectivity index (χ1n) is 8.98. The van der Waals surface area contributed by atoms with Crippen molar-refractivity contribution in [1.29, 1.82) is 0 Å². The number of hydrogen-bond donors (Lipinski definition) is 2. The van der Waals surface area contributed by atoms with Crippen LogP contribution < -0.4 is 15.4 Å². The number of ether oxygens (including phenoxy) is 1. The van der Waals surface area contributed by atoms with Crippen LogP contribution in [-0.4, -0.2) is 47.6 Å². The molecule has 0 bridgehead atoms. The smallest absolute Gasteiger partial charge is 0.388 e. The zero-order chi connectivity index (χ0) is 21.8. The Morgan fingerprint density at radius 2 is 2.13 bits per heavy atom. The van der Waals surface area contributed by atoms with E-state index in [2.05, 4.69) is 20.4 Å². The van der Waals surface area contributed by atoms with Crippen LogP contribution in [-0.2, 0) is 4.79 Å². The van der Waals surface area contributed by atoms with Crippen molar-refractivity contribution in [2.45, 2.75) is 25.6 Å². The fourth-order valence-corrected chi connectivity index (χ4v) is 3.22. The second kappa shape index (κ2) is 9.21. The van der Waals surface area contributed by atoms with E-state index in [1.807, 2.05) is 0 Å². The largest absolute Gasteiger partial charge is 0.417 e. The predicted octanol–water partition coefficient (Wildman–Crippen LogP) is 3.09. The lowest BCUT2D eigenvalue weighted by Gasteiger charge is -2.34. The zero-order valence-corrected chi connectivity index (χ0v) is 16.5. The number of rotatable bonds is 5. The predicted molar refractivity (Wildman–Crippen MR) is 102 cm³/mol. The number of halogens is 4. The number of carbonyl (C=O) groups is 2. The van der Waals surface area contributed by atoms with Gasteiger partial charge in [-0.05, 0) is 30.7 Å². The molecule has 1 unspecified atom stereocenters. The number of nitrogens with one attached hydrogen (secondary N) is 2. The van der Waals surface area contributed by atoms with Crippen molar-refractivity contribution >= 4 is 23.5 Å². The second-order valence-corrected chi connectivity index (χ2v) is 6.90. The lowest BCUT2D eigenvalue weighted by molar-refractivity contribution is -0.126. The third kappa shape index (κ3) is 4.93. The summed E-state index contributed by atoms with van der Waals surface area (Å²) in [7, 11) is 0. The second-order valence-electron chi connectivity index (χ2n) is 6.50. The highest BCUT2D eigenvalue weighted by atomic mass is 35.5. The van der Waals surface area contributed by atoms with Crippen LogP contribution in [0.2, 0.25) is 5.02 Å². The van der Waals surface area contributed by atoms with E-state index in [0.29, 0.717) is 12.1 Å². The summed E-state index contributed by atoms with van der Waals surface area (Å²) in [5.41, 5.74) is 0.531. The number of hydrogen-bond acceptors (Lipinski definition) is 4. The topological polar surface area (TPSA) is 83.6 Å². The van der Waals surface area contributed by atoms with Crippen LogP contribution in [0.25, 0.3) is 0 Å². The maximum Gasteiger partial charge on any atom is 0.388 e. The highest BCUT2D eigenvalue weighted by Crippen LogP contribution is 2.27. The van der Waals surface area contributed by atoms with E-state index in [1.165, 1.54) is 35.2 Å². The van der Waals surface area contributed by atoms with Crippen LogP contribution in [0.3, 0.4) is 0 Å². The van der Waals surface area contributed by atoms with Gasteiger partial charge in [0.15, 0.2) is 0 Å². The summed E-state index contributed by atoms with van der Waals surface area (Å²) in [6.07, 6.45) is 0. The first-order valence-corrected chi connectivity index (χ1v) is 9.35. The standard InChI is InChI=1S/C19H18ClF3N4O3/c1-10-17(28)24-7-8-27(10)19(29)26-16(11-5-6-13(21)12(20)9-11)14-3-2-4-15(25-14)30-18(22)23/h2-6,9-10,16,18H,7-8H2,1H3,(H,24,28)(H,26,29)/t10-,16?/m1/s1. The van der Waals surface area contributed by atoms with Crippen LogP contribution in [0, 0.1) is 5.82 Å². The van der Waals surface area contributed by atoms with Crippen molar-refractivity contribution in [2.75, 3.05) is 13.1 Å². The van der Waals surface area contributed by atoms with Crippen molar-refractivity contribution < 1.29 is 27.5 Å². The molecule has 2 atom stereocenters. The molecule has 2 N–H and O–H groups in total. The Balaban J connectivity index is 1.94. The van der Waals surface area contributed by atoms with Gasteiger partial charge in [0.05, 0.1) is 16.8 Å². The molecule has 3 amide bonds. The number of pyridine rings is 1. The first-order chi connectivity index (χ1) is 14.3. The summed E-state index contributed by atoms with van der Waals surface area (Å²) in [4.78, 5) is 30.1. The molecule has 1 saturated heterocycles. The fraction of sp³-hybridized carbons (Fsp3) is 0.316. The van der Waals surface area contributed by atoms with E-state index < -0.39 is 30.5 Å². The highest BCUT2D eigenvalue weighted by molar-refractivity contribution is 6.30. The van der Waals surface area contributed by atoms with E-state index in [1.54, 1.807) is 6.92 Å². The van der Waals surface area contributed by atoms with Crippen LogP contribution in [0.15, 0.2) is 36.4 Å². The van der Waals surface area contributed by atoms with E-state index in [0.717, 1.165) is 6.07 Å². The summed E-state index contributed by atoms with van der Waals surface area (Å²) < 4.78 is 43.1. The third-order valence-electron chi connectivity index (χ3n) is 4.56. The lowest BCUT2D eigenvalue weighted by Crippen LogP contribution is -2.58. The quantitative estimate of drug-likeness (QED) is 0.745. The minimum atomic E-state index is -3.08. The van der Waals surface area contributed by atoms with Gasteiger partial charge in [0.25, 0.3) is 0 Å². The molecule has 1 aliphatic rings. The maximum absolute atomic E-state index is 13.6. The SMILES string of the molecule is C[C@@H]1C(=O)NCCN1C(=O)NC(c1ccc(F)c(Cl)c1)c1cccc(OC(F)F)n1. The number of nitrogens with zero attached hydrogens (tertiary/aromatic N) is 2. The summed E-state index contributed by atoms with van der Waals surface area (Å²) in [6.45, 7) is -0.932. The molecule has 30 heavy (non-hydrogen) atoms. The molecule has 0 aliphatic carbocycles. The molecule has 160 valence electrons. The van der Waals surface area contributed by atoms with Crippen molar-refractivity contribution in [3.63, 3.8) is 0 Å². The van der Waals surface area contributed by atoms with Crippen molar-refractivity contribution in [3.8, 4) is 5.88 Å². The number of carbonyl (C=O) groups excluding carboxylic acids is 2. The fourth-order valence-electron chi connectivity index (χ4n) is 3.03.